The molecule has 3 fully saturated rings. The van der Waals surface area contributed by atoms with Crippen molar-refractivity contribution < 1.29 is 14.2 Å². The van der Waals surface area contributed by atoms with E-state index in [2.05, 4.69) is 34.2 Å². The molecule has 1 aliphatic carbocycles. The molecule has 1 atom stereocenters. The second-order valence-corrected chi connectivity index (χ2v) is 9.35. The first kappa shape index (κ1) is 26.3. The van der Waals surface area contributed by atoms with Gasteiger partial charge in [0.05, 0.1) is 40.0 Å². The van der Waals surface area contributed by atoms with E-state index in [-0.39, 0.29) is 30.0 Å². The fourth-order valence-corrected chi connectivity index (χ4v) is 5.63. The Morgan fingerprint density at radius 3 is 2.48 bits per heavy atom. The molecule has 1 spiro atoms. The quantitative estimate of drug-likeness (QED) is 0.304. The number of nitrogens with one attached hydrogen (secondary N) is 1. The second-order valence-electron chi connectivity index (χ2n) is 9.35. The smallest absolute Gasteiger partial charge is 0.194 e. The van der Waals surface area contributed by atoms with E-state index in [0.29, 0.717) is 12.0 Å². The maximum atomic E-state index is 5.62. The molecule has 2 heterocycles. The van der Waals surface area contributed by atoms with Crippen molar-refractivity contribution in [3.8, 4) is 11.5 Å². The van der Waals surface area contributed by atoms with Gasteiger partial charge in [0, 0.05) is 32.7 Å². The van der Waals surface area contributed by atoms with Crippen LogP contribution in [0.4, 0.5) is 0 Å². The van der Waals surface area contributed by atoms with Crippen LogP contribution in [0.25, 0.3) is 0 Å². The van der Waals surface area contributed by atoms with Gasteiger partial charge in [-0.3, -0.25) is 9.89 Å². The third-order valence-electron chi connectivity index (χ3n) is 7.43. The first-order valence-electron chi connectivity index (χ1n) is 12.2. The summed E-state index contributed by atoms with van der Waals surface area (Å²) >= 11 is 0. The normalized spacial score (nSPS) is 21.7. The van der Waals surface area contributed by atoms with Gasteiger partial charge in [0.2, 0.25) is 0 Å². The van der Waals surface area contributed by atoms with Crippen LogP contribution in [-0.2, 0) is 4.74 Å². The van der Waals surface area contributed by atoms with Crippen molar-refractivity contribution in [1.82, 2.24) is 15.1 Å². The molecule has 8 heteroatoms. The molecule has 1 unspecified atom stereocenters. The van der Waals surface area contributed by atoms with Crippen molar-refractivity contribution in [2.45, 2.75) is 45.1 Å². The fourth-order valence-electron chi connectivity index (χ4n) is 5.63. The minimum Gasteiger partial charge on any atom is -0.493 e. The number of halogens is 1. The van der Waals surface area contributed by atoms with Crippen LogP contribution in [-0.4, -0.2) is 82.5 Å². The van der Waals surface area contributed by atoms with Crippen molar-refractivity contribution in [1.29, 1.82) is 0 Å². The molecule has 33 heavy (non-hydrogen) atoms. The van der Waals surface area contributed by atoms with Gasteiger partial charge in [-0.2, -0.15) is 0 Å². The number of ether oxygens (including phenoxy) is 3. The van der Waals surface area contributed by atoms with Crippen molar-refractivity contribution in [2.75, 3.05) is 66.7 Å². The molecule has 4 rings (SSSR count). The van der Waals surface area contributed by atoms with E-state index < -0.39 is 0 Å². The van der Waals surface area contributed by atoms with E-state index in [1.165, 1.54) is 37.7 Å². The van der Waals surface area contributed by atoms with Crippen LogP contribution >= 0.6 is 24.0 Å². The lowest BCUT2D eigenvalue weighted by Crippen LogP contribution is -2.43. The molecule has 1 saturated carbocycles. The van der Waals surface area contributed by atoms with Crippen LogP contribution in [0.5, 0.6) is 11.5 Å². The van der Waals surface area contributed by atoms with Gasteiger partial charge in [-0.05, 0) is 49.3 Å². The standard InChI is InChI=1S/C25H40N4O3.HI/c1-4-26-24(29-12-11-25(19-29)9-5-6-10-25)27-18-21(28-13-15-32-16-14-28)20-7-8-22(30-2)23(17-20)31-3;/h7-8,17,21H,4-6,9-16,18-19H2,1-3H3,(H,26,27);1H. The number of methoxy groups -OCH3 is 2. The molecule has 3 aliphatic rings. The van der Waals surface area contributed by atoms with E-state index in [0.717, 1.165) is 63.4 Å². The van der Waals surface area contributed by atoms with Crippen LogP contribution in [0.15, 0.2) is 23.2 Å². The molecule has 0 aromatic heterocycles. The van der Waals surface area contributed by atoms with Gasteiger partial charge in [-0.25, -0.2) is 0 Å². The maximum Gasteiger partial charge on any atom is 0.194 e. The molecule has 0 radical (unpaired) electrons. The summed E-state index contributed by atoms with van der Waals surface area (Å²) in [4.78, 5) is 10.2. The zero-order chi connectivity index (χ0) is 22.4. The van der Waals surface area contributed by atoms with Gasteiger partial charge in [-0.1, -0.05) is 18.9 Å². The molecule has 7 nitrogen and oxygen atoms in total. The molecular formula is C25H41IN4O3. The summed E-state index contributed by atoms with van der Waals surface area (Å²) in [5.41, 5.74) is 1.74. The summed E-state index contributed by atoms with van der Waals surface area (Å²) in [5.74, 6) is 2.59. The van der Waals surface area contributed by atoms with Gasteiger partial charge < -0.3 is 24.4 Å². The summed E-state index contributed by atoms with van der Waals surface area (Å²) in [5, 5.41) is 3.57. The number of guanidine groups is 1. The Kier molecular flexibility index (Phi) is 9.94. The number of benzene rings is 1. The second kappa shape index (κ2) is 12.4. The Balaban J connectivity index is 0.00000306. The topological polar surface area (TPSA) is 58.6 Å². The number of likely N-dealkylation sites (tertiary alicyclic amines) is 1. The minimum atomic E-state index is 0. The molecule has 186 valence electrons. The zero-order valence-corrected chi connectivity index (χ0v) is 22.8. The zero-order valence-electron chi connectivity index (χ0n) is 20.5. The highest BCUT2D eigenvalue weighted by Gasteiger charge is 2.41. The van der Waals surface area contributed by atoms with Crippen molar-refractivity contribution in [2.24, 2.45) is 10.4 Å². The summed E-state index contributed by atoms with van der Waals surface area (Å²) < 4.78 is 16.7. The molecular weight excluding hydrogens is 531 g/mol. The Morgan fingerprint density at radius 1 is 1.09 bits per heavy atom. The van der Waals surface area contributed by atoms with Crippen LogP contribution in [0.2, 0.25) is 0 Å². The number of rotatable bonds is 7. The fraction of sp³-hybridized carbons (Fsp3) is 0.720. The van der Waals surface area contributed by atoms with E-state index in [4.69, 9.17) is 19.2 Å². The first-order valence-corrected chi connectivity index (χ1v) is 12.2. The van der Waals surface area contributed by atoms with Crippen LogP contribution in [0, 0.1) is 5.41 Å². The molecule has 2 saturated heterocycles. The minimum absolute atomic E-state index is 0. The van der Waals surface area contributed by atoms with Gasteiger partial charge in [-0.15, -0.1) is 24.0 Å². The number of aliphatic imine (C=N–C) groups is 1. The molecule has 1 N–H and O–H groups in total. The Morgan fingerprint density at radius 2 is 1.82 bits per heavy atom. The highest BCUT2D eigenvalue weighted by atomic mass is 127. The third kappa shape index (κ3) is 6.25. The predicted molar refractivity (Wildman–Crippen MR) is 143 cm³/mol. The molecule has 0 amide bonds. The van der Waals surface area contributed by atoms with Crippen molar-refractivity contribution in [3.63, 3.8) is 0 Å². The summed E-state index contributed by atoms with van der Waals surface area (Å²) in [6.45, 7) is 9.38. The number of morpholine rings is 1. The molecule has 1 aromatic carbocycles. The van der Waals surface area contributed by atoms with E-state index in [9.17, 15) is 0 Å². The summed E-state index contributed by atoms with van der Waals surface area (Å²) in [7, 11) is 3.37. The van der Waals surface area contributed by atoms with E-state index in [1.54, 1.807) is 14.2 Å². The van der Waals surface area contributed by atoms with Gasteiger partial charge in [0.25, 0.3) is 0 Å². The SMILES string of the molecule is CCNC(=NCC(c1ccc(OC)c(OC)c1)N1CCOCC1)N1CCC2(CCCC2)C1.I. The van der Waals surface area contributed by atoms with Crippen LogP contribution < -0.4 is 14.8 Å². The Hall–Kier alpha value is -1.26. The average molecular weight is 573 g/mol. The van der Waals surface area contributed by atoms with Crippen molar-refractivity contribution >= 4 is 29.9 Å². The van der Waals surface area contributed by atoms with Gasteiger partial charge in [0.1, 0.15) is 0 Å². The Bertz CT molecular complexity index is 779. The Labute approximate surface area is 216 Å². The molecule has 2 aliphatic heterocycles. The predicted octanol–water partition coefficient (Wildman–Crippen LogP) is 3.93. The lowest BCUT2D eigenvalue weighted by atomic mass is 9.86. The van der Waals surface area contributed by atoms with E-state index in [1.807, 2.05) is 6.07 Å². The van der Waals surface area contributed by atoms with Crippen LogP contribution in [0.1, 0.15) is 50.6 Å². The highest BCUT2D eigenvalue weighted by molar-refractivity contribution is 14.0. The third-order valence-corrected chi connectivity index (χ3v) is 7.43. The first-order chi connectivity index (χ1) is 15.7. The lowest BCUT2D eigenvalue weighted by Gasteiger charge is -2.34. The largest absolute Gasteiger partial charge is 0.493 e. The van der Waals surface area contributed by atoms with Crippen molar-refractivity contribution in [3.05, 3.63) is 23.8 Å². The highest BCUT2D eigenvalue weighted by Crippen LogP contribution is 2.45. The van der Waals surface area contributed by atoms with Crippen LogP contribution in [0.3, 0.4) is 0 Å². The summed E-state index contributed by atoms with van der Waals surface area (Å²) in [6.07, 6.45) is 6.84. The molecule has 0 bridgehead atoms. The number of hydrogen-bond donors (Lipinski definition) is 1. The van der Waals surface area contributed by atoms with Gasteiger partial charge >= 0.3 is 0 Å². The number of hydrogen-bond acceptors (Lipinski definition) is 5. The van der Waals surface area contributed by atoms with E-state index >= 15 is 0 Å². The maximum absolute atomic E-state index is 5.62. The molecule has 1 aromatic rings. The monoisotopic (exact) mass is 572 g/mol. The summed E-state index contributed by atoms with van der Waals surface area (Å²) in [6, 6.07) is 6.43. The lowest BCUT2D eigenvalue weighted by molar-refractivity contribution is 0.0179. The number of nitrogens with zero attached hydrogens (tertiary/aromatic N) is 3. The average Bonchev–Trinajstić information content (AvgIpc) is 3.48. The van der Waals surface area contributed by atoms with Gasteiger partial charge in [0.15, 0.2) is 17.5 Å².